The van der Waals surface area contributed by atoms with Crippen molar-refractivity contribution in [2.45, 2.75) is 39.2 Å². The first kappa shape index (κ1) is 23.6. The zero-order valence-electron chi connectivity index (χ0n) is 18.3. The number of H-pyrrole nitrogens is 1. The SMILES string of the molecule is CCCCOc1nc(N)c2[nH]c(=O)n(CCCCNC(=O)Nc3cccc(C(=O)O)c3)c2n1. The van der Waals surface area contributed by atoms with Gasteiger partial charge in [-0.25, -0.2) is 14.4 Å². The quantitative estimate of drug-likeness (QED) is 0.272. The van der Waals surface area contributed by atoms with E-state index in [1.807, 2.05) is 6.92 Å². The van der Waals surface area contributed by atoms with E-state index in [1.165, 1.54) is 16.7 Å². The van der Waals surface area contributed by atoms with E-state index in [9.17, 15) is 14.4 Å². The highest BCUT2D eigenvalue weighted by molar-refractivity contribution is 5.93. The molecule has 6 N–H and O–H groups in total. The number of imidazole rings is 1. The number of fused-ring (bicyclic) bond motifs is 1. The number of carboxylic acids is 1. The molecule has 0 aliphatic carbocycles. The lowest BCUT2D eigenvalue weighted by Crippen LogP contribution is -2.29. The van der Waals surface area contributed by atoms with Crippen LogP contribution in [0.3, 0.4) is 0 Å². The van der Waals surface area contributed by atoms with E-state index in [0.29, 0.717) is 49.4 Å². The molecule has 176 valence electrons. The molecule has 0 atom stereocenters. The van der Waals surface area contributed by atoms with Crippen LogP contribution in [0, 0.1) is 0 Å². The maximum absolute atomic E-state index is 12.3. The summed E-state index contributed by atoms with van der Waals surface area (Å²) in [5, 5.41) is 14.3. The summed E-state index contributed by atoms with van der Waals surface area (Å²) in [6.07, 6.45) is 3.01. The Morgan fingerprint density at radius 2 is 2.06 bits per heavy atom. The standard InChI is InChI=1S/C21H27N7O5/c1-2-3-11-33-20-26-16(22)15-17(27-20)28(21(32)25-15)10-5-4-9-23-19(31)24-14-8-6-7-13(12-14)18(29)30/h6-8,12H,2-5,9-11H2,1H3,(H,25,32)(H,29,30)(H2,22,26,27)(H2,23,24,31). The molecule has 2 heterocycles. The molecule has 3 aromatic rings. The summed E-state index contributed by atoms with van der Waals surface area (Å²) in [7, 11) is 0. The van der Waals surface area contributed by atoms with Crippen LogP contribution in [0.25, 0.3) is 11.2 Å². The number of urea groups is 1. The lowest BCUT2D eigenvalue weighted by molar-refractivity contribution is 0.0697. The monoisotopic (exact) mass is 457 g/mol. The van der Waals surface area contributed by atoms with Gasteiger partial charge in [-0.15, -0.1) is 0 Å². The van der Waals surface area contributed by atoms with E-state index < -0.39 is 12.0 Å². The molecule has 0 saturated carbocycles. The minimum absolute atomic E-state index is 0.0836. The number of nitrogens with zero attached hydrogens (tertiary/aromatic N) is 3. The molecule has 0 aliphatic rings. The number of benzene rings is 1. The molecule has 0 unspecified atom stereocenters. The smallest absolute Gasteiger partial charge is 0.335 e. The Morgan fingerprint density at radius 1 is 1.24 bits per heavy atom. The largest absolute Gasteiger partial charge is 0.478 e. The topological polar surface area (TPSA) is 177 Å². The zero-order chi connectivity index (χ0) is 23.8. The van der Waals surface area contributed by atoms with Gasteiger partial charge in [0.05, 0.1) is 12.2 Å². The lowest BCUT2D eigenvalue weighted by atomic mass is 10.2. The van der Waals surface area contributed by atoms with Crippen LogP contribution in [-0.2, 0) is 6.54 Å². The van der Waals surface area contributed by atoms with Crippen LogP contribution in [0.2, 0.25) is 0 Å². The number of nitrogens with one attached hydrogen (secondary N) is 3. The molecule has 0 bridgehead atoms. The van der Waals surface area contributed by atoms with Crippen molar-refractivity contribution in [2.75, 3.05) is 24.2 Å². The number of carbonyl (C=O) groups is 2. The maximum atomic E-state index is 12.3. The fourth-order valence-electron chi connectivity index (χ4n) is 3.11. The number of aromatic carboxylic acids is 1. The van der Waals surface area contributed by atoms with Gasteiger partial charge in [-0.1, -0.05) is 19.4 Å². The number of rotatable bonds is 11. The van der Waals surface area contributed by atoms with Crippen molar-refractivity contribution >= 4 is 34.7 Å². The molecule has 1 aromatic carbocycles. The third-order valence-electron chi connectivity index (χ3n) is 4.82. The number of nitrogens with two attached hydrogens (primary N) is 1. The second-order valence-corrected chi connectivity index (χ2v) is 7.35. The van der Waals surface area contributed by atoms with Crippen molar-refractivity contribution in [3.8, 4) is 6.01 Å². The van der Waals surface area contributed by atoms with Crippen molar-refractivity contribution in [2.24, 2.45) is 0 Å². The van der Waals surface area contributed by atoms with Crippen LogP contribution in [0.5, 0.6) is 6.01 Å². The van der Waals surface area contributed by atoms with Gasteiger partial charge in [0, 0.05) is 18.8 Å². The van der Waals surface area contributed by atoms with E-state index in [0.717, 1.165) is 12.8 Å². The van der Waals surface area contributed by atoms with E-state index in [-0.39, 0.29) is 23.1 Å². The highest BCUT2D eigenvalue weighted by Crippen LogP contribution is 2.18. The number of hydrogen-bond donors (Lipinski definition) is 5. The molecule has 2 amide bonds. The van der Waals surface area contributed by atoms with Crippen LogP contribution in [0.1, 0.15) is 43.0 Å². The number of carbonyl (C=O) groups excluding carboxylic acids is 1. The highest BCUT2D eigenvalue weighted by atomic mass is 16.5. The lowest BCUT2D eigenvalue weighted by Gasteiger charge is -2.09. The molecule has 0 fully saturated rings. The van der Waals surface area contributed by atoms with Crippen LogP contribution in [0.15, 0.2) is 29.1 Å². The highest BCUT2D eigenvalue weighted by Gasteiger charge is 2.14. The Kier molecular flexibility index (Phi) is 7.84. The molecular formula is C21H27N7O5. The summed E-state index contributed by atoms with van der Waals surface area (Å²) in [6, 6.07) is 5.65. The number of amides is 2. The molecular weight excluding hydrogens is 430 g/mol. The molecule has 33 heavy (non-hydrogen) atoms. The first-order chi connectivity index (χ1) is 15.9. The van der Waals surface area contributed by atoms with Crippen LogP contribution >= 0.6 is 0 Å². The third kappa shape index (κ3) is 6.21. The number of carboxylic acid groups (broad SMARTS) is 1. The number of aromatic nitrogens is 4. The predicted molar refractivity (Wildman–Crippen MR) is 123 cm³/mol. The second kappa shape index (κ2) is 11.0. The summed E-state index contributed by atoms with van der Waals surface area (Å²) in [4.78, 5) is 46.4. The minimum atomic E-state index is -1.07. The molecule has 0 aliphatic heterocycles. The maximum Gasteiger partial charge on any atom is 0.335 e. The summed E-state index contributed by atoms with van der Waals surface area (Å²) in [5.41, 5.74) is 6.80. The Balaban J connectivity index is 1.52. The van der Waals surface area contributed by atoms with Gasteiger partial charge in [0.25, 0.3) is 0 Å². The van der Waals surface area contributed by atoms with Gasteiger partial charge in [0.2, 0.25) is 0 Å². The van der Waals surface area contributed by atoms with Crippen molar-refractivity contribution in [3.05, 3.63) is 40.3 Å². The number of ether oxygens (including phenoxy) is 1. The average Bonchev–Trinajstić information content (AvgIpc) is 3.10. The van der Waals surface area contributed by atoms with Gasteiger partial charge >= 0.3 is 23.7 Å². The summed E-state index contributed by atoms with van der Waals surface area (Å²) < 4.78 is 6.99. The number of unbranched alkanes of at least 4 members (excludes halogenated alkanes) is 2. The molecule has 12 nitrogen and oxygen atoms in total. The molecule has 0 spiro atoms. The Morgan fingerprint density at radius 3 is 2.82 bits per heavy atom. The Labute approximate surface area is 189 Å². The van der Waals surface area contributed by atoms with Crippen molar-refractivity contribution in [1.29, 1.82) is 0 Å². The van der Waals surface area contributed by atoms with Gasteiger partial charge in [-0.2, -0.15) is 9.97 Å². The van der Waals surface area contributed by atoms with Crippen molar-refractivity contribution in [1.82, 2.24) is 24.8 Å². The molecule has 0 radical (unpaired) electrons. The normalized spacial score (nSPS) is 10.8. The van der Waals surface area contributed by atoms with E-state index >= 15 is 0 Å². The van der Waals surface area contributed by atoms with Crippen LogP contribution in [-0.4, -0.2) is 49.8 Å². The molecule has 3 rings (SSSR count). The Bertz CT molecular complexity index is 1190. The summed E-state index contributed by atoms with van der Waals surface area (Å²) in [5.74, 6) is -0.925. The van der Waals surface area contributed by atoms with Gasteiger partial charge in [-0.05, 0) is 37.5 Å². The fourth-order valence-corrected chi connectivity index (χ4v) is 3.11. The van der Waals surface area contributed by atoms with Crippen molar-refractivity contribution in [3.63, 3.8) is 0 Å². The number of aryl methyl sites for hydroxylation is 1. The molecule has 2 aromatic heterocycles. The third-order valence-corrected chi connectivity index (χ3v) is 4.82. The second-order valence-electron chi connectivity index (χ2n) is 7.35. The first-order valence-corrected chi connectivity index (χ1v) is 10.7. The van der Waals surface area contributed by atoms with E-state index in [4.69, 9.17) is 15.6 Å². The van der Waals surface area contributed by atoms with Crippen molar-refractivity contribution < 1.29 is 19.4 Å². The fraction of sp³-hybridized carbons (Fsp3) is 0.381. The molecule has 0 saturated heterocycles. The van der Waals surface area contributed by atoms with Gasteiger partial charge < -0.3 is 31.2 Å². The van der Waals surface area contributed by atoms with E-state index in [2.05, 4.69) is 25.6 Å². The number of hydrogen-bond acceptors (Lipinski definition) is 7. The van der Waals surface area contributed by atoms with Gasteiger partial charge in [0.1, 0.15) is 5.52 Å². The molecule has 12 heteroatoms. The minimum Gasteiger partial charge on any atom is -0.478 e. The van der Waals surface area contributed by atoms with Gasteiger partial charge in [-0.3, -0.25) is 4.57 Å². The zero-order valence-corrected chi connectivity index (χ0v) is 18.3. The summed E-state index contributed by atoms with van der Waals surface area (Å²) in [6.45, 7) is 3.24. The predicted octanol–water partition coefficient (Wildman–Crippen LogP) is 2.18. The van der Waals surface area contributed by atoms with Gasteiger partial charge in [0.15, 0.2) is 11.5 Å². The Hall–Kier alpha value is -4.09. The van der Waals surface area contributed by atoms with Crippen LogP contribution in [0.4, 0.5) is 16.3 Å². The first-order valence-electron chi connectivity index (χ1n) is 10.7. The number of aromatic amines is 1. The average molecular weight is 457 g/mol. The van der Waals surface area contributed by atoms with Crippen LogP contribution < -0.4 is 26.8 Å². The number of nitrogen functional groups attached to an aromatic ring is 1. The van der Waals surface area contributed by atoms with E-state index in [1.54, 1.807) is 12.1 Å². The summed E-state index contributed by atoms with van der Waals surface area (Å²) >= 11 is 0. The number of anilines is 2.